The van der Waals surface area contributed by atoms with E-state index < -0.39 is 0 Å². The molecule has 1 aliphatic carbocycles. The number of hydrogen-bond acceptors (Lipinski definition) is 0. The molecule has 0 aromatic heterocycles. The van der Waals surface area contributed by atoms with Crippen LogP contribution in [0.5, 0.6) is 0 Å². The highest BCUT2D eigenvalue weighted by Gasteiger charge is 2.29. The molecule has 0 heterocycles. The van der Waals surface area contributed by atoms with Crippen LogP contribution in [0.3, 0.4) is 0 Å². The predicted molar refractivity (Wildman–Crippen MR) is 46.0 cm³/mol. The van der Waals surface area contributed by atoms with Gasteiger partial charge in [0.1, 0.15) is 0 Å². The Morgan fingerprint density at radius 2 is 1.90 bits per heavy atom. The lowest BCUT2D eigenvalue weighted by Crippen LogP contribution is -2.27. The average molecular weight is 140 g/mol. The number of hydrogen-bond donors (Lipinski definition) is 0. The standard InChI is InChI=1S/C10H20/c1-4-5-9-6-10(7-9)8(2)3/h8-10H,4-7H2,1-3H3. The SMILES string of the molecule is CCCC1CC(C(C)C)C1. The minimum atomic E-state index is 0.938. The lowest BCUT2D eigenvalue weighted by molar-refractivity contribution is 0.133. The van der Waals surface area contributed by atoms with Gasteiger partial charge in [0.25, 0.3) is 0 Å². The molecule has 60 valence electrons. The van der Waals surface area contributed by atoms with Gasteiger partial charge in [0.05, 0.1) is 0 Å². The highest BCUT2D eigenvalue weighted by atomic mass is 14.3. The fourth-order valence-corrected chi connectivity index (χ4v) is 1.98. The molecule has 0 heteroatoms. The topological polar surface area (TPSA) is 0 Å². The lowest BCUT2D eigenvalue weighted by atomic mass is 9.68. The van der Waals surface area contributed by atoms with Crippen molar-refractivity contribution in [3.05, 3.63) is 0 Å². The van der Waals surface area contributed by atoms with Crippen LogP contribution in [-0.4, -0.2) is 0 Å². The Labute approximate surface area is 65.0 Å². The molecule has 0 amide bonds. The van der Waals surface area contributed by atoms with Gasteiger partial charge in [-0.25, -0.2) is 0 Å². The molecule has 0 unspecified atom stereocenters. The smallest absolute Gasteiger partial charge is 0.0386 e. The first kappa shape index (κ1) is 8.10. The van der Waals surface area contributed by atoms with E-state index in [0.29, 0.717) is 0 Å². The van der Waals surface area contributed by atoms with Gasteiger partial charge in [-0.1, -0.05) is 33.6 Å². The quantitative estimate of drug-likeness (QED) is 0.563. The molecule has 0 aliphatic heterocycles. The van der Waals surface area contributed by atoms with Crippen LogP contribution in [0.2, 0.25) is 0 Å². The van der Waals surface area contributed by atoms with Gasteiger partial charge in [0, 0.05) is 0 Å². The Morgan fingerprint density at radius 3 is 2.30 bits per heavy atom. The maximum absolute atomic E-state index is 2.35. The summed E-state index contributed by atoms with van der Waals surface area (Å²) in [7, 11) is 0. The molecule has 10 heavy (non-hydrogen) atoms. The van der Waals surface area contributed by atoms with Crippen molar-refractivity contribution in [1.82, 2.24) is 0 Å². The van der Waals surface area contributed by atoms with Gasteiger partial charge in [-0.05, 0) is 30.6 Å². The molecular weight excluding hydrogens is 120 g/mol. The van der Waals surface area contributed by atoms with E-state index >= 15 is 0 Å². The summed E-state index contributed by atoms with van der Waals surface area (Å²) in [6.07, 6.45) is 5.90. The maximum atomic E-state index is 2.35. The van der Waals surface area contributed by atoms with Crippen LogP contribution in [0.1, 0.15) is 46.5 Å². The second kappa shape index (κ2) is 3.41. The van der Waals surface area contributed by atoms with E-state index in [0.717, 1.165) is 17.8 Å². The Kier molecular flexibility index (Phi) is 2.76. The zero-order valence-electron chi connectivity index (χ0n) is 7.56. The predicted octanol–water partition coefficient (Wildman–Crippen LogP) is 3.47. The van der Waals surface area contributed by atoms with Crippen molar-refractivity contribution in [2.24, 2.45) is 17.8 Å². The Balaban J connectivity index is 2.06. The first-order valence-corrected chi connectivity index (χ1v) is 4.74. The van der Waals surface area contributed by atoms with Crippen molar-refractivity contribution in [1.29, 1.82) is 0 Å². The molecule has 0 radical (unpaired) electrons. The molecular formula is C10H20. The van der Waals surface area contributed by atoms with Crippen molar-refractivity contribution in [3.63, 3.8) is 0 Å². The fraction of sp³-hybridized carbons (Fsp3) is 1.00. The van der Waals surface area contributed by atoms with Gasteiger partial charge in [-0.3, -0.25) is 0 Å². The molecule has 0 aromatic rings. The van der Waals surface area contributed by atoms with Gasteiger partial charge in [0.2, 0.25) is 0 Å². The van der Waals surface area contributed by atoms with Gasteiger partial charge < -0.3 is 0 Å². The summed E-state index contributed by atoms with van der Waals surface area (Å²) in [6.45, 7) is 7.00. The molecule has 0 aromatic carbocycles. The molecule has 1 fully saturated rings. The van der Waals surface area contributed by atoms with Gasteiger partial charge in [-0.15, -0.1) is 0 Å². The van der Waals surface area contributed by atoms with Crippen molar-refractivity contribution >= 4 is 0 Å². The second-order valence-corrected chi connectivity index (χ2v) is 4.13. The summed E-state index contributed by atoms with van der Waals surface area (Å²) in [5.74, 6) is 3.10. The molecule has 0 saturated heterocycles. The second-order valence-electron chi connectivity index (χ2n) is 4.13. The summed E-state index contributed by atoms with van der Waals surface area (Å²) in [5.41, 5.74) is 0. The van der Waals surface area contributed by atoms with Gasteiger partial charge in [0.15, 0.2) is 0 Å². The highest BCUT2D eigenvalue weighted by Crippen LogP contribution is 2.40. The van der Waals surface area contributed by atoms with E-state index in [1.165, 1.54) is 25.7 Å². The third-order valence-corrected chi connectivity index (χ3v) is 2.91. The van der Waals surface area contributed by atoms with Crippen LogP contribution in [0.25, 0.3) is 0 Å². The van der Waals surface area contributed by atoms with Crippen LogP contribution in [-0.2, 0) is 0 Å². The van der Waals surface area contributed by atoms with Crippen molar-refractivity contribution in [2.45, 2.75) is 46.5 Å². The third-order valence-electron chi connectivity index (χ3n) is 2.91. The first-order chi connectivity index (χ1) is 4.74. The zero-order valence-corrected chi connectivity index (χ0v) is 7.56. The molecule has 0 spiro atoms. The van der Waals surface area contributed by atoms with E-state index in [1.54, 1.807) is 0 Å². The van der Waals surface area contributed by atoms with Crippen LogP contribution in [0, 0.1) is 17.8 Å². The third kappa shape index (κ3) is 1.74. The summed E-state index contributed by atoms with van der Waals surface area (Å²) < 4.78 is 0. The fourth-order valence-electron chi connectivity index (χ4n) is 1.98. The first-order valence-electron chi connectivity index (χ1n) is 4.74. The minimum absolute atomic E-state index is 0.938. The normalized spacial score (nSPS) is 32.4. The largest absolute Gasteiger partial charge is 0.0654 e. The van der Waals surface area contributed by atoms with E-state index in [1.807, 2.05) is 0 Å². The van der Waals surface area contributed by atoms with Crippen LogP contribution in [0.15, 0.2) is 0 Å². The maximum Gasteiger partial charge on any atom is -0.0386 e. The van der Waals surface area contributed by atoms with E-state index in [4.69, 9.17) is 0 Å². The van der Waals surface area contributed by atoms with E-state index in [2.05, 4.69) is 20.8 Å². The lowest BCUT2D eigenvalue weighted by Gasteiger charge is -2.38. The molecule has 1 aliphatic rings. The van der Waals surface area contributed by atoms with E-state index in [9.17, 15) is 0 Å². The average Bonchev–Trinajstić information content (AvgIpc) is 1.76. The van der Waals surface area contributed by atoms with Crippen molar-refractivity contribution in [2.75, 3.05) is 0 Å². The Bertz CT molecular complexity index is 88.2. The molecule has 0 atom stereocenters. The Morgan fingerprint density at radius 1 is 1.30 bits per heavy atom. The molecule has 0 bridgehead atoms. The summed E-state index contributed by atoms with van der Waals surface area (Å²) in [4.78, 5) is 0. The Hall–Kier alpha value is 0. The van der Waals surface area contributed by atoms with Crippen LogP contribution < -0.4 is 0 Å². The molecule has 0 nitrogen and oxygen atoms in total. The summed E-state index contributed by atoms with van der Waals surface area (Å²) in [6, 6.07) is 0. The summed E-state index contributed by atoms with van der Waals surface area (Å²) >= 11 is 0. The minimum Gasteiger partial charge on any atom is -0.0654 e. The van der Waals surface area contributed by atoms with Crippen molar-refractivity contribution < 1.29 is 0 Å². The molecule has 1 rings (SSSR count). The van der Waals surface area contributed by atoms with Crippen LogP contribution >= 0.6 is 0 Å². The van der Waals surface area contributed by atoms with Crippen LogP contribution in [0.4, 0.5) is 0 Å². The monoisotopic (exact) mass is 140 g/mol. The molecule has 0 N–H and O–H groups in total. The van der Waals surface area contributed by atoms with Gasteiger partial charge in [-0.2, -0.15) is 0 Å². The van der Waals surface area contributed by atoms with Crippen molar-refractivity contribution in [3.8, 4) is 0 Å². The van der Waals surface area contributed by atoms with Gasteiger partial charge >= 0.3 is 0 Å². The number of rotatable bonds is 3. The van der Waals surface area contributed by atoms with E-state index in [-0.39, 0.29) is 0 Å². The summed E-state index contributed by atoms with van der Waals surface area (Å²) in [5, 5.41) is 0. The molecule has 1 saturated carbocycles. The zero-order chi connectivity index (χ0) is 7.56. The highest BCUT2D eigenvalue weighted by molar-refractivity contribution is 4.80.